The Morgan fingerprint density at radius 1 is 1.14 bits per heavy atom. The molecule has 1 N–H and O–H groups in total. The number of ketones is 2. The first-order valence-electron chi connectivity index (χ1n) is 10.7. The molecule has 1 aromatic heterocycles. The molecule has 2 aromatic carbocycles. The van der Waals surface area contributed by atoms with Crippen molar-refractivity contribution in [1.29, 1.82) is 0 Å². The molecule has 0 radical (unpaired) electrons. The molecule has 0 aliphatic carbocycles. The predicted molar refractivity (Wildman–Crippen MR) is 131 cm³/mol. The number of aromatic nitrogens is 1. The maximum absolute atomic E-state index is 13.3. The third-order valence-corrected chi connectivity index (χ3v) is 7.23. The molecule has 1 atom stereocenters. The van der Waals surface area contributed by atoms with Crippen LogP contribution in [0.1, 0.15) is 39.5 Å². The minimum Gasteiger partial charge on any atom is -0.507 e. The van der Waals surface area contributed by atoms with Gasteiger partial charge in [0.25, 0.3) is 5.78 Å². The molecule has 2 aliphatic heterocycles. The largest absolute Gasteiger partial charge is 0.507 e. The second kappa shape index (κ2) is 8.83. The smallest absolute Gasteiger partial charge is 0.301 e. The van der Waals surface area contributed by atoms with Crippen LogP contribution in [-0.2, 0) is 9.59 Å². The molecule has 10 heteroatoms. The fraction of sp³-hybridized carbons (Fsp3) is 0.200. The van der Waals surface area contributed by atoms with Gasteiger partial charge >= 0.3 is 5.91 Å². The number of fused-ring (bicyclic) bond motifs is 1. The minimum atomic E-state index is -1.01. The molecule has 5 rings (SSSR count). The number of aliphatic hydroxyl groups is 1. The predicted octanol–water partition coefficient (Wildman–Crippen LogP) is 4.71. The summed E-state index contributed by atoms with van der Waals surface area (Å²) < 4.78 is 11.1. The van der Waals surface area contributed by atoms with E-state index in [0.717, 1.165) is 11.3 Å². The van der Waals surface area contributed by atoms with Crippen molar-refractivity contribution in [2.45, 2.75) is 19.9 Å². The summed E-state index contributed by atoms with van der Waals surface area (Å²) in [4.78, 5) is 44.6. The highest BCUT2D eigenvalue weighted by Crippen LogP contribution is 2.45. The highest BCUT2D eigenvalue weighted by molar-refractivity contribution is 7.18. The average molecular weight is 511 g/mol. The van der Waals surface area contributed by atoms with Crippen LogP contribution in [0.4, 0.5) is 5.13 Å². The number of Topliss-reactive ketones (excluding diaryl/α,β-unsaturated/α-hetero) is 2. The van der Waals surface area contributed by atoms with Crippen LogP contribution in [0.3, 0.4) is 0 Å². The summed E-state index contributed by atoms with van der Waals surface area (Å²) >= 11 is 7.25. The van der Waals surface area contributed by atoms with Crippen molar-refractivity contribution in [1.82, 2.24) is 4.98 Å². The minimum absolute atomic E-state index is 0.119. The number of hydrogen-bond donors (Lipinski definition) is 1. The van der Waals surface area contributed by atoms with E-state index in [4.69, 9.17) is 21.1 Å². The molecular formula is C25H19ClN2O6S. The number of nitrogens with zero attached hydrogens (tertiary/aromatic N) is 2. The summed E-state index contributed by atoms with van der Waals surface area (Å²) in [5.41, 5.74) is 1.13. The first kappa shape index (κ1) is 23.1. The maximum Gasteiger partial charge on any atom is 0.301 e. The summed E-state index contributed by atoms with van der Waals surface area (Å²) in [5.74, 6) is -1.35. The number of rotatable bonds is 4. The van der Waals surface area contributed by atoms with Crippen molar-refractivity contribution in [3.8, 4) is 11.5 Å². The molecule has 3 heterocycles. The van der Waals surface area contributed by atoms with Gasteiger partial charge in [0.1, 0.15) is 19.0 Å². The normalized spacial score (nSPS) is 18.7. The number of aliphatic hydroxyl groups excluding tert-OH is 1. The van der Waals surface area contributed by atoms with Gasteiger partial charge < -0.3 is 14.6 Å². The molecular weight excluding hydrogens is 492 g/mol. The number of halogens is 1. The molecule has 1 amide bonds. The lowest BCUT2D eigenvalue weighted by Crippen LogP contribution is -2.29. The fourth-order valence-electron chi connectivity index (χ4n) is 4.18. The summed E-state index contributed by atoms with van der Waals surface area (Å²) in [6.45, 7) is 3.84. The zero-order valence-corrected chi connectivity index (χ0v) is 20.3. The van der Waals surface area contributed by atoms with E-state index < -0.39 is 17.7 Å². The van der Waals surface area contributed by atoms with Crippen LogP contribution >= 0.6 is 22.9 Å². The van der Waals surface area contributed by atoms with Crippen molar-refractivity contribution in [3.05, 3.63) is 74.8 Å². The van der Waals surface area contributed by atoms with Gasteiger partial charge in [-0.1, -0.05) is 35.1 Å². The lowest BCUT2D eigenvalue weighted by molar-refractivity contribution is -0.132. The van der Waals surface area contributed by atoms with Gasteiger partial charge in [0.2, 0.25) is 0 Å². The van der Waals surface area contributed by atoms with Crippen LogP contribution in [0.25, 0.3) is 5.76 Å². The van der Waals surface area contributed by atoms with Crippen LogP contribution in [-0.4, -0.2) is 40.8 Å². The molecule has 178 valence electrons. The van der Waals surface area contributed by atoms with E-state index in [1.165, 1.54) is 11.8 Å². The van der Waals surface area contributed by atoms with Crippen LogP contribution < -0.4 is 14.4 Å². The summed E-state index contributed by atoms with van der Waals surface area (Å²) in [6.07, 6.45) is 0. The Morgan fingerprint density at radius 3 is 2.57 bits per heavy atom. The second-order valence-corrected chi connectivity index (χ2v) is 9.46. The third kappa shape index (κ3) is 3.96. The molecule has 35 heavy (non-hydrogen) atoms. The standard InChI is InChI=1S/C25H19ClN2O6S/c1-12-23(13(2)29)35-25(27-12)28-20(14-4-3-5-16(26)10-14)19(22(31)24(28)32)21(30)15-6-7-17-18(11-15)34-9-8-33-17/h3-7,10-11,20,30H,8-9H2,1-2H3/t20-/m0/s1. The Labute approximate surface area is 209 Å². The highest BCUT2D eigenvalue weighted by atomic mass is 35.5. The molecule has 0 spiro atoms. The molecule has 3 aromatic rings. The van der Waals surface area contributed by atoms with E-state index in [2.05, 4.69) is 4.98 Å². The number of amides is 1. The van der Waals surface area contributed by atoms with Gasteiger partial charge in [-0.25, -0.2) is 4.98 Å². The van der Waals surface area contributed by atoms with E-state index in [1.54, 1.807) is 49.4 Å². The van der Waals surface area contributed by atoms with Crippen LogP contribution in [0.5, 0.6) is 11.5 Å². The van der Waals surface area contributed by atoms with Crippen LogP contribution in [0.15, 0.2) is 48.0 Å². The Balaban J connectivity index is 1.70. The van der Waals surface area contributed by atoms with Crippen LogP contribution in [0.2, 0.25) is 5.02 Å². The van der Waals surface area contributed by atoms with Crippen LogP contribution in [0, 0.1) is 6.92 Å². The first-order chi connectivity index (χ1) is 16.8. The first-order valence-corrected chi connectivity index (χ1v) is 11.9. The Hall–Kier alpha value is -3.69. The third-order valence-electron chi connectivity index (χ3n) is 5.74. The molecule has 8 nitrogen and oxygen atoms in total. The zero-order valence-electron chi connectivity index (χ0n) is 18.7. The summed E-state index contributed by atoms with van der Waals surface area (Å²) in [7, 11) is 0. The molecule has 1 fully saturated rings. The van der Waals surface area contributed by atoms with Gasteiger partial charge in [-0.2, -0.15) is 0 Å². The monoisotopic (exact) mass is 510 g/mol. The van der Waals surface area contributed by atoms with Gasteiger partial charge in [0, 0.05) is 17.5 Å². The van der Waals surface area contributed by atoms with Crippen molar-refractivity contribution < 1.29 is 29.0 Å². The highest BCUT2D eigenvalue weighted by Gasteiger charge is 2.48. The van der Waals surface area contributed by atoms with Gasteiger partial charge in [0.15, 0.2) is 22.4 Å². The Morgan fingerprint density at radius 2 is 1.89 bits per heavy atom. The van der Waals surface area contributed by atoms with Crippen molar-refractivity contribution in [2.75, 3.05) is 18.1 Å². The average Bonchev–Trinajstić information content (AvgIpc) is 3.35. The molecule has 0 bridgehead atoms. The number of carbonyl (C=O) groups excluding carboxylic acids is 3. The van der Waals surface area contributed by atoms with Crippen molar-refractivity contribution in [3.63, 3.8) is 0 Å². The second-order valence-electron chi connectivity index (χ2n) is 8.05. The number of carbonyl (C=O) groups is 3. The lowest BCUT2D eigenvalue weighted by Gasteiger charge is -2.23. The zero-order chi connectivity index (χ0) is 24.9. The van der Waals surface area contributed by atoms with Gasteiger partial charge in [-0.3, -0.25) is 19.3 Å². The van der Waals surface area contributed by atoms with E-state index in [9.17, 15) is 19.5 Å². The number of anilines is 1. The maximum atomic E-state index is 13.3. The number of hydrogen-bond acceptors (Lipinski definition) is 8. The molecule has 0 unspecified atom stereocenters. The lowest BCUT2D eigenvalue weighted by atomic mass is 9.95. The summed E-state index contributed by atoms with van der Waals surface area (Å²) in [6, 6.07) is 10.5. The van der Waals surface area contributed by atoms with Crippen molar-refractivity contribution >= 4 is 51.3 Å². The topological polar surface area (TPSA) is 106 Å². The Bertz CT molecular complexity index is 1430. The number of ether oxygens (including phenoxy) is 2. The molecule has 0 saturated carbocycles. The molecule has 2 aliphatic rings. The van der Waals surface area contributed by atoms with Gasteiger partial charge in [-0.15, -0.1) is 0 Å². The number of aryl methyl sites for hydroxylation is 1. The number of benzene rings is 2. The molecule has 1 saturated heterocycles. The van der Waals surface area contributed by atoms with E-state index >= 15 is 0 Å². The fourth-order valence-corrected chi connectivity index (χ4v) is 5.37. The SMILES string of the molecule is CC(=O)c1sc(N2C(=O)C(=O)C(=C(O)c3ccc4c(c3)OCCO4)[C@@H]2c2cccc(Cl)c2)nc1C. The summed E-state index contributed by atoms with van der Waals surface area (Å²) in [5, 5.41) is 11.9. The van der Waals surface area contributed by atoms with E-state index in [1.807, 2.05) is 0 Å². The van der Waals surface area contributed by atoms with Gasteiger partial charge in [0.05, 0.1) is 22.2 Å². The van der Waals surface area contributed by atoms with Crippen molar-refractivity contribution in [2.24, 2.45) is 0 Å². The quantitative estimate of drug-likeness (QED) is 0.234. The Kier molecular flexibility index (Phi) is 5.82. The van der Waals surface area contributed by atoms with E-state index in [0.29, 0.717) is 51.4 Å². The number of thiazole rings is 1. The van der Waals surface area contributed by atoms with Gasteiger partial charge in [-0.05, 0) is 42.8 Å². The van der Waals surface area contributed by atoms with E-state index in [-0.39, 0.29) is 22.2 Å².